The minimum atomic E-state index is -0.318. The van der Waals surface area contributed by atoms with Crippen LogP contribution < -0.4 is 0 Å². The Balaban J connectivity index is 2.55. The molecule has 1 aromatic rings. The van der Waals surface area contributed by atoms with E-state index in [4.69, 9.17) is 0 Å². The molecular weight excluding hydrogens is 179 g/mol. The molecule has 0 bridgehead atoms. The van der Waals surface area contributed by atoms with Gasteiger partial charge in [-0.05, 0) is 30.0 Å². The van der Waals surface area contributed by atoms with E-state index in [2.05, 4.69) is 6.92 Å². The van der Waals surface area contributed by atoms with Crippen molar-refractivity contribution in [2.24, 2.45) is 5.92 Å². The topological polar surface area (TPSA) is 17.1 Å². The Bertz CT molecular complexity index is 384. The van der Waals surface area contributed by atoms with Gasteiger partial charge in [0.2, 0.25) is 0 Å². The molecule has 1 nitrogen and oxygen atoms in total. The highest BCUT2D eigenvalue weighted by atomic mass is 19.1. The molecule has 74 valence electrons. The van der Waals surface area contributed by atoms with Gasteiger partial charge in [-0.1, -0.05) is 19.9 Å². The molecular formula is C12H13FO. The maximum atomic E-state index is 12.9. The van der Waals surface area contributed by atoms with Crippen LogP contribution in [-0.4, -0.2) is 5.78 Å². The molecule has 0 saturated carbocycles. The van der Waals surface area contributed by atoms with Crippen molar-refractivity contribution in [3.8, 4) is 0 Å². The lowest BCUT2D eigenvalue weighted by molar-refractivity contribution is 0.0932. The summed E-state index contributed by atoms with van der Waals surface area (Å²) in [7, 11) is 0. The Morgan fingerprint density at radius 1 is 1.43 bits per heavy atom. The summed E-state index contributed by atoms with van der Waals surface area (Å²) in [4.78, 5) is 11.8. The highest BCUT2D eigenvalue weighted by molar-refractivity contribution is 6.02. The molecule has 0 aliphatic heterocycles. The van der Waals surface area contributed by atoms with Crippen molar-refractivity contribution in [1.82, 2.24) is 0 Å². The van der Waals surface area contributed by atoms with Gasteiger partial charge in [0.15, 0.2) is 5.78 Å². The Morgan fingerprint density at radius 2 is 2.14 bits per heavy atom. The summed E-state index contributed by atoms with van der Waals surface area (Å²) < 4.78 is 12.9. The minimum absolute atomic E-state index is 0.0109. The van der Waals surface area contributed by atoms with Crippen LogP contribution in [0.25, 0.3) is 0 Å². The molecule has 2 atom stereocenters. The fourth-order valence-corrected chi connectivity index (χ4v) is 2.34. The molecule has 0 saturated heterocycles. The van der Waals surface area contributed by atoms with E-state index >= 15 is 0 Å². The lowest BCUT2D eigenvalue weighted by Gasteiger charge is -2.11. The minimum Gasteiger partial charge on any atom is -0.294 e. The quantitative estimate of drug-likeness (QED) is 0.668. The van der Waals surface area contributed by atoms with E-state index in [0.717, 1.165) is 12.0 Å². The number of hydrogen-bond donors (Lipinski definition) is 0. The third-order valence-electron chi connectivity index (χ3n) is 3.14. The molecule has 0 heterocycles. The second-order valence-electron chi connectivity index (χ2n) is 3.90. The Hall–Kier alpha value is -1.18. The predicted octanol–water partition coefficient (Wildman–Crippen LogP) is 3.15. The van der Waals surface area contributed by atoms with Gasteiger partial charge < -0.3 is 0 Å². The second kappa shape index (κ2) is 3.19. The van der Waals surface area contributed by atoms with Crippen LogP contribution in [0.5, 0.6) is 0 Å². The number of carbonyl (C=O) groups is 1. The fourth-order valence-electron chi connectivity index (χ4n) is 2.34. The molecule has 2 rings (SSSR count). The first-order valence-electron chi connectivity index (χ1n) is 4.98. The number of Topliss-reactive ketones (excluding diaryl/α,β-unsaturated/α-hetero) is 1. The predicted molar refractivity (Wildman–Crippen MR) is 52.9 cm³/mol. The van der Waals surface area contributed by atoms with Gasteiger partial charge in [0.25, 0.3) is 0 Å². The molecule has 0 amide bonds. The van der Waals surface area contributed by atoms with Crippen molar-refractivity contribution in [1.29, 1.82) is 0 Å². The van der Waals surface area contributed by atoms with Crippen LogP contribution in [0.1, 0.15) is 42.1 Å². The van der Waals surface area contributed by atoms with Gasteiger partial charge in [0.1, 0.15) is 5.82 Å². The zero-order chi connectivity index (χ0) is 10.3. The van der Waals surface area contributed by atoms with E-state index in [1.807, 2.05) is 6.92 Å². The van der Waals surface area contributed by atoms with Crippen LogP contribution >= 0.6 is 0 Å². The second-order valence-corrected chi connectivity index (χ2v) is 3.90. The van der Waals surface area contributed by atoms with Crippen molar-refractivity contribution < 1.29 is 9.18 Å². The van der Waals surface area contributed by atoms with Crippen molar-refractivity contribution in [2.45, 2.75) is 26.2 Å². The summed E-state index contributed by atoms with van der Waals surface area (Å²) in [5.41, 5.74) is 1.61. The molecule has 0 spiro atoms. The van der Waals surface area contributed by atoms with E-state index in [9.17, 15) is 9.18 Å². The van der Waals surface area contributed by atoms with Crippen LogP contribution in [0.2, 0.25) is 0 Å². The molecule has 0 N–H and O–H groups in total. The van der Waals surface area contributed by atoms with Crippen molar-refractivity contribution in [3.05, 3.63) is 35.1 Å². The van der Waals surface area contributed by atoms with E-state index in [-0.39, 0.29) is 23.4 Å². The number of ketones is 1. The lowest BCUT2D eigenvalue weighted by Crippen LogP contribution is -2.08. The number of hydrogen-bond acceptors (Lipinski definition) is 1. The van der Waals surface area contributed by atoms with Crippen molar-refractivity contribution in [3.63, 3.8) is 0 Å². The normalized spacial score (nSPS) is 25.2. The summed E-state index contributed by atoms with van der Waals surface area (Å²) in [6, 6.07) is 4.55. The van der Waals surface area contributed by atoms with Gasteiger partial charge in [0, 0.05) is 11.5 Å². The summed E-state index contributed by atoms with van der Waals surface area (Å²) in [5.74, 6) is 0.0577. The summed E-state index contributed by atoms with van der Waals surface area (Å²) in [6.07, 6.45) is 0.936. The Kier molecular flexibility index (Phi) is 2.14. The van der Waals surface area contributed by atoms with Gasteiger partial charge in [-0.3, -0.25) is 4.79 Å². The molecule has 1 aliphatic rings. The lowest BCUT2D eigenvalue weighted by atomic mass is 9.91. The number of fused-ring (bicyclic) bond motifs is 1. The van der Waals surface area contributed by atoms with Crippen molar-refractivity contribution >= 4 is 5.78 Å². The number of rotatable bonds is 1. The number of halogens is 1. The fraction of sp³-hybridized carbons (Fsp3) is 0.417. The van der Waals surface area contributed by atoms with Crippen LogP contribution in [-0.2, 0) is 0 Å². The summed E-state index contributed by atoms with van der Waals surface area (Å²) in [5, 5.41) is 0. The highest BCUT2D eigenvalue weighted by Crippen LogP contribution is 2.39. The molecule has 2 unspecified atom stereocenters. The number of benzene rings is 1. The zero-order valence-electron chi connectivity index (χ0n) is 8.38. The third kappa shape index (κ3) is 1.17. The van der Waals surface area contributed by atoms with Crippen LogP contribution in [0.3, 0.4) is 0 Å². The first kappa shape index (κ1) is 9.38. The van der Waals surface area contributed by atoms with Gasteiger partial charge in [0.05, 0.1) is 0 Å². The zero-order valence-corrected chi connectivity index (χ0v) is 8.38. The average molecular weight is 192 g/mol. The van der Waals surface area contributed by atoms with E-state index < -0.39 is 0 Å². The summed E-state index contributed by atoms with van der Waals surface area (Å²) in [6.45, 7) is 3.99. The molecule has 1 aromatic carbocycles. The van der Waals surface area contributed by atoms with E-state index in [1.54, 1.807) is 6.07 Å². The van der Waals surface area contributed by atoms with Crippen LogP contribution in [0, 0.1) is 11.7 Å². The van der Waals surface area contributed by atoms with Gasteiger partial charge in [-0.2, -0.15) is 0 Å². The molecule has 1 aliphatic carbocycles. The molecule has 14 heavy (non-hydrogen) atoms. The standard InChI is InChI=1S/C12H13FO/c1-3-9-7(2)12(14)11-6-8(13)4-5-10(9)11/h4-7,9H,3H2,1-2H3. The smallest absolute Gasteiger partial charge is 0.166 e. The van der Waals surface area contributed by atoms with Gasteiger partial charge in [-0.15, -0.1) is 0 Å². The molecule has 2 heteroatoms. The third-order valence-corrected chi connectivity index (χ3v) is 3.14. The van der Waals surface area contributed by atoms with Gasteiger partial charge in [-0.25, -0.2) is 4.39 Å². The van der Waals surface area contributed by atoms with E-state index in [1.165, 1.54) is 12.1 Å². The largest absolute Gasteiger partial charge is 0.294 e. The van der Waals surface area contributed by atoms with Crippen LogP contribution in [0.15, 0.2) is 18.2 Å². The maximum Gasteiger partial charge on any atom is 0.166 e. The first-order chi connectivity index (χ1) is 6.65. The molecule has 0 aromatic heterocycles. The first-order valence-corrected chi connectivity index (χ1v) is 4.98. The molecule has 0 fully saturated rings. The van der Waals surface area contributed by atoms with Crippen molar-refractivity contribution in [2.75, 3.05) is 0 Å². The Morgan fingerprint density at radius 3 is 2.79 bits per heavy atom. The highest BCUT2D eigenvalue weighted by Gasteiger charge is 2.35. The van der Waals surface area contributed by atoms with Crippen LogP contribution in [0.4, 0.5) is 4.39 Å². The SMILES string of the molecule is CCC1c2ccc(F)cc2C(=O)C1C. The monoisotopic (exact) mass is 192 g/mol. The average Bonchev–Trinajstić information content (AvgIpc) is 2.41. The summed E-state index contributed by atoms with van der Waals surface area (Å²) >= 11 is 0. The number of carbonyl (C=O) groups excluding carboxylic acids is 1. The maximum absolute atomic E-state index is 12.9. The molecule has 0 radical (unpaired) electrons. The van der Waals surface area contributed by atoms with E-state index in [0.29, 0.717) is 5.56 Å². The van der Waals surface area contributed by atoms with Gasteiger partial charge >= 0.3 is 0 Å². The Labute approximate surface area is 82.9 Å².